The number of benzene rings is 1. The van der Waals surface area contributed by atoms with Crippen LogP contribution < -0.4 is 13.7 Å². The third-order valence-electron chi connectivity index (χ3n) is 2.52. The van der Waals surface area contributed by atoms with Gasteiger partial charge in [0.25, 0.3) is 10.2 Å². The Hall–Kier alpha value is -1.16. The minimum Gasteiger partial charge on any atom is -0.273 e. The molecule has 0 radical (unpaired) electrons. The molecule has 1 aromatic carbocycles. The fourth-order valence-electron chi connectivity index (χ4n) is 1.48. The molecule has 0 spiro atoms. The van der Waals surface area contributed by atoms with E-state index in [-0.39, 0.29) is 18.8 Å². The molecule has 0 fully saturated rings. The van der Waals surface area contributed by atoms with Crippen LogP contribution in [0, 0.1) is 0 Å². The molecule has 0 aromatic heterocycles. The molecule has 0 aliphatic carbocycles. The average Bonchev–Trinajstić information content (AvgIpc) is 2.38. The first-order valence-corrected chi connectivity index (χ1v) is 9.13. The summed E-state index contributed by atoms with van der Waals surface area (Å²) in [6.45, 7) is 1.69. The number of nitrogens with one attached hydrogen (secondary N) is 2. The molecule has 114 valence electrons. The van der Waals surface area contributed by atoms with Crippen LogP contribution in [0.1, 0.15) is 6.92 Å². The summed E-state index contributed by atoms with van der Waals surface area (Å²) in [6, 6.07) is 8.58. The van der Waals surface area contributed by atoms with Gasteiger partial charge < -0.3 is 0 Å². The van der Waals surface area contributed by atoms with Gasteiger partial charge in [-0.05, 0) is 12.1 Å². The van der Waals surface area contributed by atoms with Crippen LogP contribution in [0.2, 0.25) is 0 Å². The van der Waals surface area contributed by atoms with E-state index in [1.165, 1.54) is 7.05 Å². The second-order valence-corrected chi connectivity index (χ2v) is 7.72. The highest BCUT2D eigenvalue weighted by atomic mass is 32.2. The first-order chi connectivity index (χ1) is 9.28. The Balaban J connectivity index is 2.63. The minimum atomic E-state index is -3.63. The Morgan fingerprint density at radius 3 is 2.20 bits per heavy atom. The first kappa shape index (κ1) is 16.9. The highest BCUT2D eigenvalue weighted by Crippen LogP contribution is 2.14. The van der Waals surface area contributed by atoms with Crippen LogP contribution in [-0.4, -0.2) is 42.7 Å². The van der Waals surface area contributed by atoms with E-state index in [2.05, 4.69) is 9.44 Å². The second kappa shape index (κ2) is 7.02. The zero-order valence-electron chi connectivity index (χ0n) is 11.4. The van der Waals surface area contributed by atoms with E-state index in [1.54, 1.807) is 37.3 Å². The fourth-order valence-corrected chi connectivity index (χ4v) is 3.54. The topological polar surface area (TPSA) is 95.6 Å². The summed E-state index contributed by atoms with van der Waals surface area (Å²) in [5, 5.41) is 0. The van der Waals surface area contributed by atoms with E-state index in [0.717, 1.165) is 4.31 Å². The molecule has 7 nitrogen and oxygen atoms in total. The van der Waals surface area contributed by atoms with Gasteiger partial charge in [0.15, 0.2) is 0 Å². The SMILES string of the molecule is CCNS(=O)(=O)NCCS(=O)(=O)N(C)c1ccccc1. The molecule has 0 unspecified atom stereocenters. The van der Waals surface area contributed by atoms with E-state index in [4.69, 9.17) is 0 Å². The van der Waals surface area contributed by atoms with Gasteiger partial charge in [-0.2, -0.15) is 8.42 Å². The molecule has 0 aliphatic heterocycles. The smallest absolute Gasteiger partial charge is 0.273 e. The maximum Gasteiger partial charge on any atom is 0.276 e. The summed E-state index contributed by atoms with van der Waals surface area (Å²) < 4.78 is 52.3. The lowest BCUT2D eigenvalue weighted by Gasteiger charge is -2.19. The summed E-state index contributed by atoms with van der Waals surface area (Å²) in [7, 11) is -5.77. The van der Waals surface area contributed by atoms with Crippen LogP contribution in [0.3, 0.4) is 0 Å². The van der Waals surface area contributed by atoms with Crippen molar-refractivity contribution in [2.45, 2.75) is 6.92 Å². The third-order valence-corrected chi connectivity index (χ3v) is 5.54. The minimum absolute atomic E-state index is 0.186. The molecule has 0 bridgehead atoms. The molecule has 9 heteroatoms. The Bertz CT molecular complexity index is 614. The van der Waals surface area contributed by atoms with Crippen molar-refractivity contribution in [3.63, 3.8) is 0 Å². The number of anilines is 1. The van der Waals surface area contributed by atoms with E-state index >= 15 is 0 Å². The monoisotopic (exact) mass is 321 g/mol. The maximum absolute atomic E-state index is 12.0. The van der Waals surface area contributed by atoms with Crippen LogP contribution in [0.15, 0.2) is 30.3 Å². The first-order valence-electron chi connectivity index (χ1n) is 6.04. The molecule has 1 aromatic rings. The molecule has 1 rings (SSSR count). The predicted octanol–water partition coefficient (Wildman–Crippen LogP) is -0.103. The van der Waals surface area contributed by atoms with E-state index in [1.807, 2.05) is 0 Å². The maximum atomic E-state index is 12.0. The largest absolute Gasteiger partial charge is 0.276 e. The van der Waals surface area contributed by atoms with Crippen LogP contribution in [0.25, 0.3) is 0 Å². The summed E-state index contributed by atoms with van der Waals surface area (Å²) in [6.07, 6.45) is 0. The highest BCUT2D eigenvalue weighted by Gasteiger charge is 2.19. The van der Waals surface area contributed by atoms with Gasteiger partial charge in [-0.3, -0.25) is 4.31 Å². The number of hydrogen-bond acceptors (Lipinski definition) is 4. The Kier molecular flexibility index (Phi) is 5.93. The van der Waals surface area contributed by atoms with Crippen molar-refractivity contribution >= 4 is 25.9 Å². The third kappa shape index (κ3) is 5.08. The lowest BCUT2D eigenvalue weighted by Crippen LogP contribution is -2.40. The van der Waals surface area contributed by atoms with Gasteiger partial charge in [-0.15, -0.1) is 0 Å². The van der Waals surface area contributed by atoms with E-state index < -0.39 is 20.2 Å². The Morgan fingerprint density at radius 2 is 1.65 bits per heavy atom. The van der Waals surface area contributed by atoms with Crippen molar-refractivity contribution in [2.24, 2.45) is 0 Å². The van der Waals surface area contributed by atoms with Gasteiger partial charge in [-0.25, -0.2) is 17.9 Å². The lowest BCUT2D eigenvalue weighted by molar-refractivity contribution is 0.569. The molecule has 2 N–H and O–H groups in total. The van der Waals surface area contributed by atoms with Crippen LogP contribution in [0.5, 0.6) is 0 Å². The molecule has 0 saturated carbocycles. The van der Waals surface area contributed by atoms with Gasteiger partial charge in [0.1, 0.15) is 0 Å². The van der Waals surface area contributed by atoms with E-state index in [9.17, 15) is 16.8 Å². The zero-order chi connectivity index (χ0) is 15.2. The molecule has 0 atom stereocenters. The van der Waals surface area contributed by atoms with Crippen molar-refractivity contribution in [3.8, 4) is 0 Å². The van der Waals surface area contributed by atoms with Crippen molar-refractivity contribution in [1.29, 1.82) is 0 Å². The van der Waals surface area contributed by atoms with Crippen molar-refractivity contribution < 1.29 is 16.8 Å². The predicted molar refractivity (Wildman–Crippen MR) is 79.2 cm³/mol. The van der Waals surface area contributed by atoms with Gasteiger partial charge in [0.2, 0.25) is 10.0 Å². The fraction of sp³-hybridized carbons (Fsp3) is 0.455. The number of sulfonamides is 1. The summed E-state index contributed by atoms with van der Waals surface area (Å²) >= 11 is 0. The van der Waals surface area contributed by atoms with Gasteiger partial charge in [0, 0.05) is 20.1 Å². The van der Waals surface area contributed by atoms with Crippen LogP contribution >= 0.6 is 0 Å². The van der Waals surface area contributed by atoms with Crippen LogP contribution in [0.4, 0.5) is 5.69 Å². The lowest BCUT2D eigenvalue weighted by atomic mass is 10.3. The Morgan fingerprint density at radius 1 is 1.05 bits per heavy atom. The van der Waals surface area contributed by atoms with Gasteiger partial charge in [0.05, 0.1) is 11.4 Å². The molecule has 0 heterocycles. The van der Waals surface area contributed by atoms with Crippen LogP contribution in [-0.2, 0) is 20.2 Å². The molecule has 0 saturated heterocycles. The van der Waals surface area contributed by atoms with Crippen molar-refractivity contribution in [3.05, 3.63) is 30.3 Å². The Labute approximate surface area is 120 Å². The molecule has 0 aliphatic rings. The number of para-hydroxylation sites is 1. The number of rotatable bonds is 8. The molecule has 0 amide bonds. The number of hydrogen-bond donors (Lipinski definition) is 2. The molecular weight excluding hydrogens is 302 g/mol. The summed E-state index contributed by atoms with van der Waals surface area (Å²) in [5.41, 5.74) is 0.530. The van der Waals surface area contributed by atoms with Crippen molar-refractivity contribution in [1.82, 2.24) is 9.44 Å². The zero-order valence-corrected chi connectivity index (χ0v) is 13.0. The van der Waals surface area contributed by atoms with Crippen molar-refractivity contribution in [2.75, 3.05) is 30.2 Å². The number of nitrogens with zero attached hydrogens (tertiary/aromatic N) is 1. The molecular formula is C11H19N3O4S2. The highest BCUT2D eigenvalue weighted by molar-refractivity contribution is 7.92. The van der Waals surface area contributed by atoms with Gasteiger partial charge in [-0.1, -0.05) is 25.1 Å². The molecule has 20 heavy (non-hydrogen) atoms. The van der Waals surface area contributed by atoms with E-state index in [0.29, 0.717) is 5.69 Å². The summed E-state index contributed by atoms with van der Waals surface area (Å²) in [4.78, 5) is 0. The standard InChI is InChI=1S/C11H19N3O4S2/c1-3-12-20(17,18)13-9-10-19(15,16)14(2)11-7-5-4-6-8-11/h4-8,12-13H,3,9-10H2,1-2H3. The second-order valence-electron chi connectivity index (χ2n) is 4.01. The average molecular weight is 321 g/mol. The van der Waals surface area contributed by atoms with Gasteiger partial charge >= 0.3 is 0 Å². The summed E-state index contributed by atoms with van der Waals surface area (Å²) in [5.74, 6) is -0.316. The normalized spacial score (nSPS) is 12.3. The quantitative estimate of drug-likeness (QED) is 0.699.